The first-order valence-electron chi connectivity index (χ1n) is 9.08. The highest BCUT2D eigenvalue weighted by Crippen LogP contribution is 2.34. The molecule has 0 N–H and O–H groups in total. The Bertz CT molecular complexity index is 957. The molecule has 3 aromatic rings. The van der Waals surface area contributed by atoms with Crippen molar-refractivity contribution in [2.75, 3.05) is 58.2 Å². The summed E-state index contributed by atoms with van der Waals surface area (Å²) in [5, 5.41) is 0.683. The molecule has 0 unspecified atom stereocenters. The van der Waals surface area contributed by atoms with E-state index in [1.165, 1.54) is 11.3 Å². The number of anilines is 2. The van der Waals surface area contributed by atoms with Crippen LogP contribution in [0, 0.1) is 0 Å². The zero-order valence-electron chi connectivity index (χ0n) is 17.4. The number of nitrogens with zero attached hydrogens (tertiary/aromatic N) is 4. The molecule has 0 aliphatic heterocycles. The number of rotatable bonds is 7. The summed E-state index contributed by atoms with van der Waals surface area (Å²) in [6, 6.07) is 13.5. The van der Waals surface area contributed by atoms with Gasteiger partial charge in [-0.1, -0.05) is 17.4 Å². The Balaban J connectivity index is 0.00000300. The number of benzene rings is 2. The molecular weight excluding hydrogens is 408 g/mol. The van der Waals surface area contributed by atoms with Crippen LogP contribution >= 0.6 is 23.7 Å². The fourth-order valence-corrected chi connectivity index (χ4v) is 3.84. The Morgan fingerprint density at radius 1 is 1.03 bits per heavy atom. The average molecular weight is 435 g/mol. The molecule has 1 aromatic heterocycles. The third-order valence-electron chi connectivity index (χ3n) is 4.47. The Morgan fingerprint density at radius 2 is 1.72 bits per heavy atom. The maximum atomic E-state index is 13.3. The van der Waals surface area contributed by atoms with E-state index in [1.54, 1.807) is 12.0 Å². The van der Waals surface area contributed by atoms with Crippen molar-refractivity contribution in [3.05, 3.63) is 48.0 Å². The van der Waals surface area contributed by atoms with Gasteiger partial charge in [0.15, 0.2) is 5.13 Å². The smallest absolute Gasteiger partial charge is 0.260 e. The molecule has 0 aliphatic rings. The standard InChI is InChI=1S/C21H26N4O2S.ClH/c1-23(2)13-14-25(20(26)15-9-11-16(12-10-15)24(3)4)21-22-19-17(27-5)7-6-8-18(19)28-21;/h6-12H,13-14H2,1-5H3;1H. The molecule has 156 valence electrons. The molecule has 3 rings (SSSR count). The number of likely N-dealkylation sites (N-methyl/N-ethyl adjacent to an activating group) is 1. The fourth-order valence-electron chi connectivity index (χ4n) is 2.83. The van der Waals surface area contributed by atoms with E-state index in [4.69, 9.17) is 9.72 Å². The SMILES string of the molecule is COc1cccc2sc(N(CCN(C)C)C(=O)c3ccc(N(C)C)cc3)nc12.Cl. The number of aromatic nitrogens is 1. The molecule has 1 heterocycles. The summed E-state index contributed by atoms with van der Waals surface area (Å²) in [5.74, 6) is 0.667. The van der Waals surface area contributed by atoms with Crippen LogP contribution in [0.3, 0.4) is 0 Å². The van der Waals surface area contributed by atoms with Gasteiger partial charge in [-0.3, -0.25) is 9.69 Å². The molecule has 0 bridgehead atoms. The van der Waals surface area contributed by atoms with E-state index in [2.05, 4.69) is 4.90 Å². The Morgan fingerprint density at radius 3 is 2.31 bits per heavy atom. The molecule has 0 fully saturated rings. The maximum Gasteiger partial charge on any atom is 0.260 e. The van der Waals surface area contributed by atoms with Crippen LogP contribution in [0.1, 0.15) is 10.4 Å². The van der Waals surface area contributed by atoms with Crippen molar-refractivity contribution in [2.24, 2.45) is 0 Å². The van der Waals surface area contributed by atoms with Gasteiger partial charge in [0, 0.05) is 38.4 Å². The highest BCUT2D eigenvalue weighted by molar-refractivity contribution is 7.22. The lowest BCUT2D eigenvalue weighted by Crippen LogP contribution is -2.36. The van der Waals surface area contributed by atoms with Crippen molar-refractivity contribution in [3.63, 3.8) is 0 Å². The van der Waals surface area contributed by atoms with E-state index < -0.39 is 0 Å². The van der Waals surface area contributed by atoms with Crippen LogP contribution in [-0.4, -0.2) is 64.2 Å². The number of thiazole rings is 1. The number of carbonyl (C=O) groups is 1. The summed E-state index contributed by atoms with van der Waals surface area (Å²) in [6.45, 7) is 1.30. The highest BCUT2D eigenvalue weighted by Gasteiger charge is 2.22. The van der Waals surface area contributed by atoms with Crippen LogP contribution in [0.4, 0.5) is 10.8 Å². The number of hydrogen-bond donors (Lipinski definition) is 0. The van der Waals surface area contributed by atoms with E-state index >= 15 is 0 Å². The van der Waals surface area contributed by atoms with Gasteiger partial charge in [0.1, 0.15) is 11.3 Å². The summed E-state index contributed by atoms with van der Waals surface area (Å²) in [5.41, 5.74) is 2.49. The van der Waals surface area contributed by atoms with Gasteiger partial charge < -0.3 is 14.5 Å². The molecule has 0 spiro atoms. The van der Waals surface area contributed by atoms with Crippen LogP contribution in [0.25, 0.3) is 10.2 Å². The van der Waals surface area contributed by atoms with Crippen LogP contribution in [-0.2, 0) is 0 Å². The Hall–Kier alpha value is -2.35. The van der Waals surface area contributed by atoms with Crippen molar-refractivity contribution >= 4 is 50.7 Å². The molecule has 0 atom stereocenters. The fraction of sp³-hybridized carbons (Fsp3) is 0.333. The molecule has 0 radical (unpaired) electrons. The van der Waals surface area contributed by atoms with Crippen molar-refractivity contribution in [1.29, 1.82) is 0 Å². The van der Waals surface area contributed by atoms with Gasteiger partial charge in [0.2, 0.25) is 0 Å². The van der Waals surface area contributed by atoms with Gasteiger partial charge in [-0.05, 0) is 50.5 Å². The van der Waals surface area contributed by atoms with Gasteiger partial charge >= 0.3 is 0 Å². The molecule has 29 heavy (non-hydrogen) atoms. The minimum Gasteiger partial charge on any atom is -0.494 e. The summed E-state index contributed by atoms with van der Waals surface area (Å²) >= 11 is 1.50. The van der Waals surface area contributed by atoms with Gasteiger partial charge in [-0.2, -0.15) is 0 Å². The predicted molar refractivity (Wildman–Crippen MR) is 124 cm³/mol. The third-order valence-corrected chi connectivity index (χ3v) is 5.51. The second-order valence-electron chi connectivity index (χ2n) is 7.00. The van der Waals surface area contributed by atoms with Gasteiger partial charge in [0.05, 0.1) is 11.8 Å². The molecule has 0 saturated heterocycles. The van der Waals surface area contributed by atoms with E-state index in [1.807, 2.05) is 75.6 Å². The maximum absolute atomic E-state index is 13.3. The number of methoxy groups -OCH3 is 1. The first kappa shape index (κ1) is 22.9. The minimum atomic E-state index is -0.0508. The van der Waals surface area contributed by atoms with Gasteiger partial charge in [0.25, 0.3) is 5.91 Å². The molecule has 8 heteroatoms. The number of ether oxygens (including phenoxy) is 1. The molecule has 6 nitrogen and oxygen atoms in total. The summed E-state index contributed by atoms with van der Waals surface area (Å²) < 4.78 is 6.43. The number of fused-ring (bicyclic) bond motifs is 1. The largest absolute Gasteiger partial charge is 0.494 e. The lowest BCUT2D eigenvalue weighted by molar-refractivity contribution is 0.0985. The lowest BCUT2D eigenvalue weighted by Gasteiger charge is -2.22. The van der Waals surface area contributed by atoms with E-state index in [0.717, 1.165) is 28.2 Å². The van der Waals surface area contributed by atoms with Crippen molar-refractivity contribution in [3.8, 4) is 5.75 Å². The highest BCUT2D eigenvalue weighted by atomic mass is 35.5. The molecule has 2 aromatic carbocycles. The summed E-state index contributed by atoms with van der Waals surface area (Å²) in [6.07, 6.45) is 0. The van der Waals surface area contributed by atoms with Crippen LogP contribution in [0.2, 0.25) is 0 Å². The second-order valence-corrected chi connectivity index (χ2v) is 8.01. The first-order chi connectivity index (χ1) is 13.4. The van der Waals surface area contributed by atoms with Gasteiger partial charge in [-0.25, -0.2) is 4.98 Å². The van der Waals surface area contributed by atoms with Crippen LogP contribution in [0.15, 0.2) is 42.5 Å². The van der Waals surface area contributed by atoms with E-state index in [-0.39, 0.29) is 18.3 Å². The lowest BCUT2D eigenvalue weighted by atomic mass is 10.1. The van der Waals surface area contributed by atoms with E-state index in [0.29, 0.717) is 17.2 Å². The summed E-state index contributed by atoms with van der Waals surface area (Å²) in [4.78, 5) is 23.9. The van der Waals surface area contributed by atoms with Crippen molar-refractivity contribution < 1.29 is 9.53 Å². The van der Waals surface area contributed by atoms with E-state index in [9.17, 15) is 4.79 Å². The predicted octanol–water partition coefficient (Wildman–Crippen LogP) is 4.00. The molecule has 0 aliphatic carbocycles. The Kier molecular flexibility index (Phi) is 7.84. The number of carbonyl (C=O) groups excluding carboxylic acids is 1. The van der Waals surface area contributed by atoms with Crippen LogP contribution in [0.5, 0.6) is 5.75 Å². The average Bonchev–Trinajstić information content (AvgIpc) is 3.11. The molecular formula is C21H27ClN4O2S. The normalized spacial score (nSPS) is 10.7. The summed E-state index contributed by atoms with van der Waals surface area (Å²) in [7, 11) is 9.59. The number of para-hydroxylation sites is 1. The molecule has 1 amide bonds. The number of halogens is 1. The van der Waals surface area contributed by atoms with Crippen LogP contribution < -0.4 is 14.5 Å². The number of hydrogen-bond acceptors (Lipinski definition) is 6. The topological polar surface area (TPSA) is 48.9 Å². The Labute approximate surface area is 182 Å². The second kappa shape index (κ2) is 9.91. The first-order valence-corrected chi connectivity index (χ1v) is 9.90. The van der Waals surface area contributed by atoms with Crippen molar-refractivity contribution in [2.45, 2.75) is 0 Å². The number of amides is 1. The minimum absolute atomic E-state index is 0. The monoisotopic (exact) mass is 434 g/mol. The van der Waals surface area contributed by atoms with Crippen molar-refractivity contribution in [1.82, 2.24) is 9.88 Å². The van der Waals surface area contributed by atoms with Gasteiger partial charge in [-0.15, -0.1) is 12.4 Å². The molecule has 0 saturated carbocycles. The zero-order chi connectivity index (χ0) is 20.3. The quantitative estimate of drug-likeness (QED) is 0.562. The third kappa shape index (κ3) is 5.18. The zero-order valence-corrected chi connectivity index (χ0v) is 19.0.